The van der Waals surface area contributed by atoms with Gasteiger partial charge in [0.2, 0.25) is 5.91 Å². The van der Waals surface area contributed by atoms with Crippen LogP contribution in [0, 0.1) is 0 Å². The predicted octanol–water partition coefficient (Wildman–Crippen LogP) is 2.39. The zero-order valence-corrected chi connectivity index (χ0v) is 11.9. The zero-order valence-electron chi connectivity index (χ0n) is 11.9. The van der Waals surface area contributed by atoms with Crippen LogP contribution in [0.1, 0.15) is 33.6 Å². The molecule has 0 heterocycles. The van der Waals surface area contributed by atoms with Crippen LogP contribution in [0.3, 0.4) is 0 Å². The minimum absolute atomic E-state index is 0.0425. The Kier molecular flexibility index (Phi) is 5.03. The summed E-state index contributed by atoms with van der Waals surface area (Å²) in [5, 5.41) is 2.61. The first-order valence-corrected chi connectivity index (χ1v) is 6.85. The van der Waals surface area contributed by atoms with Crippen molar-refractivity contribution in [3.05, 3.63) is 65.7 Å². The Morgan fingerprint density at radius 1 is 0.864 bits per heavy atom. The van der Waals surface area contributed by atoms with Crippen molar-refractivity contribution < 1.29 is 14.4 Å². The van der Waals surface area contributed by atoms with Crippen molar-refractivity contribution in [2.24, 2.45) is 5.73 Å². The van der Waals surface area contributed by atoms with Gasteiger partial charge in [-0.1, -0.05) is 42.5 Å². The molecule has 2 amide bonds. The molecule has 2 aromatic carbocycles. The van der Waals surface area contributed by atoms with Crippen molar-refractivity contribution in [3.63, 3.8) is 0 Å². The summed E-state index contributed by atoms with van der Waals surface area (Å²) in [6.07, 6.45) is 0.148. The monoisotopic (exact) mass is 296 g/mol. The van der Waals surface area contributed by atoms with Gasteiger partial charge in [0.1, 0.15) is 0 Å². The molecule has 0 spiro atoms. The van der Waals surface area contributed by atoms with E-state index in [9.17, 15) is 14.4 Å². The fraction of sp³-hybridized carbons (Fsp3) is 0.118. The molecule has 0 atom stereocenters. The van der Waals surface area contributed by atoms with Gasteiger partial charge in [-0.2, -0.15) is 0 Å². The third-order valence-electron chi connectivity index (χ3n) is 3.14. The average Bonchev–Trinajstić information content (AvgIpc) is 2.53. The predicted molar refractivity (Wildman–Crippen MR) is 83.6 cm³/mol. The van der Waals surface area contributed by atoms with Crippen LogP contribution in [0.15, 0.2) is 54.6 Å². The highest BCUT2D eigenvalue weighted by atomic mass is 16.2. The molecule has 112 valence electrons. The average molecular weight is 296 g/mol. The lowest BCUT2D eigenvalue weighted by Crippen LogP contribution is -2.18. The lowest BCUT2D eigenvalue weighted by Gasteiger charge is -2.08. The van der Waals surface area contributed by atoms with Crippen LogP contribution in [0.25, 0.3) is 0 Å². The first-order chi connectivity index (χ1) is 10.6. The van der Waals surface area contributed by atoms with Gasteiger partial charge in [-0.15, -0.1) is 0 Å². The number of hydrogen-bond acceptors (Lipinski definition) is 3. The molecule has 0 saturated carbocycles. The second kappa shape index (κ2) is 7.17. The standard InChI is InChI=1S/C17H16N2O3/c18-17(22)13-8-4-5-9-14(13)19-16(21)11-10-15(20)12-6-2-1-3-7-12/h1-9H,10-11H2,(H2,18,22)(H,19,21). The van der Waals surface area contributed by atoms with Gasteiger partial charge in [-0.05, 0) is 12.1 Å². The van der Waals surface area contributed by atoms with Crippen LogP contribution in [0.2, 0.25) is 0 Å². The smallest absolute Gasteiger partial charge is 0.250 e. The van der Waals surface area contributed by atoms with Crippen LogP contribution in [-0.2, 0) is 4.79 Å². The zero-order chi connectivity index (χ0) is 15.9. The second-order valence-corrected chi connectivity index (χ2v) is 4.75. The summed E-state index contributed by atoms with van der Waals surface area (Å²) >= 11 is 0. The van der Waals surface area contributed by atoms with E-state index < -0.39 is 5.91 Å². The number of carbonyl (C=O) groups is 3. The second-order valence-electron chi connectivity index (χ2n) is 4.75. The van der Waals surface area contributed by atoms with E-state index in [-0.39, 0.29) is 30.1 Å². The number of benzene rings is 2. The molecule has 5 nitrogen and oxygen atoms in total. The van der Waals surface area contributed by atoms with Gasteiger partial charge in [-0.3, -0.25) is 14.4 Å². The SMILES string of the molecule is NC(=O)c1ccccc1NC(=O)CCC(=O)c1ccccc1. The van der Waals surface area contributed by atoms with Crippen molar-refractivity contribution in [1.82, 2.24) is 0 Å². The van der Waals surface area contributed by atoms with E-state index in [1.54, 1.807) is 42.5 Å². The number of carbonyl (C=O) groups excluding carboxylic acids is 3. The Hall–Kier alpha value is -2.95. The van der Waals surface area contributed by atoms with Crippen LogP contribution in [-0.4, -0.2) is 17.6 Å². The van der Waals surface area contributed by atoms with Crippen molar-refractivity contribution >= 4 is 23.3 Å². The third kappa shape index (κ3) is 4.02. The lowest BCUT2D eigenvalue weighted by atomic mass is 10.1. The summed E-state index contributed by atoms with van der Waals surface area (Å²) in [4.78, 5) is 35.1. The van der Waals surface area contributed by atoms with Gasteiger partial charge in [0.15, 0.2) is 5.78 Å². The number of anilines is 1. The molecule has 0 radical (unpaired) electrons. The quantitative estimate of drug-likeness (QED) is 0.802. The van der Waals surface area contributed by atoms with E-state index in [4.69, 9.17) is 5.73 Å². The van der Waals surface area contributed by atoms with Gasteiger partial charge in [0.05, 0.1) is 11.3 Å². The maximum atomic E-state index is 11.9. The molecular formula is C17H16N2O3. The molecule has 2 aromatic rings. The topological polar surface area (TPSA) is 89.3 Å². The molecular weight excluding hydrogens is 280 g/mol. The van der Waals surface area contributed by atoms with Gasteiger partial charge in [-0.25, -0.2) is 0 Å². The Balaban J connectivity index is 1.94. The molecule has 0 aromatic heterocycles. The Labute approximate surface area is 128 Å². The molecule has 0 saturated heterocycles. The molecule has 0 aliphatic heterocycles. The van der Waals surface area contributed by atoms with Gasteiger partial charge >= 0.3 is 0 Å². The van der Waals surface area contributed by atoms with E-state index in [0.29, 0.717) is 11.3 Å². The fourth-order valence-electron chi connectivity index (χ4n) is 2.02. The summed E-state index contributed by atoms with van der Waals surface area (Å²) in [6.45, 7) is 0. The van der Waals surface area contributed by atoms with Gasteiger partial charge < -0.3 is 11.1 Å². The molecule has 0 bridgehead atoms. The molecule has 22 heavy (non-hydrogen) atoms. The first-order valence-electron chi connectivity index (χ1n) is 6.85. The van der Waals surface area contributed by atoms with E-state index >= 15 is 0 Å². The summed E-state index contributed by atoms with van der Waals surface area (Å²) < 4.78 is 0. The van der Waals surface area contributed by atoms with Crippen LogP contribution in [0.5, 0.6) is 0 Å². The van der Waals surface area contributed by atoms with E-state index in [2.05, 4.69) is 5.32 Å². The molecule has 3 N–H and O–H groups in total. The van der Waals surface area contributed by atoms with Gasteiger partial charge in [0, 0.05) is 18.4 Å². The first kappa shape index (κ1) is 15.4. The van der Waals surface area contributed by atoms with Crippen LogP contribution < -0.4 is 11.1 Å². The number of amides is 2. The van der Waals surface area contributed by atoms with E-state index in [1.165, 1.54) is 6.07 Å². The number of primary amides is 1. The van der Waals surface area contributed by atoms with Crippen LogP contribution in [0.4, 0.5) is 5.69 Å². The third-order valence-corrected chi connectivity index (χ3v) is 3.14. The Morgan fingerprint density at radius 3 is 2.18 bits per heavy atom. The number of hydrogen-bond donors (Lipinski definition) is 2. The van der Waals surface area contributed by atoms with Crippen molar-refractivity contribution in [2.45, 2.75) is 12.8 Å². The van der Waals surface area contributed by atoms with Crippen molar-refractivity contribution in [1.29, 1.82) is 0 Å². The van der Waals surface area contributed by atoms with Crippen LogP contribution >= 0.6 is 0 Å². The maximum absolute atomic E-state index is 11.9. The number of nitrogens with one attached hydrogen (secondary N) is 1. The number of rotatable bonds is 6. The number of ketones is 1. The number of para-hydroxylation sites is 1. The Morgan fingerprint density at radius 2 is 1.50 bits per heavy atom. The van der Waals surface area contributed by atoms with Crippen molar-refractivity contribution in [2.75, 3.05) is 5.32 Å². The Bertz CT molecular complexity index is 696. The normalized spacial score (nSPS) is 10.0. The summed E-state index contributed by atoms with van der Waals surface area (Å²) in [5.41, 5.74) is 6.42. The molecule has 0 aliphatic carbocycles. The minimum Gasteiger partial charge on any atom is -0.366 e. The minimum atomic E-state index is -0.615. The molecule has 0 fully saturated rings. The largest absolute Gasteiger partial charge is 0.366 e. The van der Waals surface area contributed by atoms with E-state index in [1.807, 2.05) is 6.07 Å². The molecule has 5 heteroatoms. The fourth-order valence-corrected chi connectivity index (χ4v) is 2.02. The highest BCUT2D eigenvalue weighted by Crippen LogP contribution is 2.15. The molecule has 0 aliphatic rings. The van der Waals surface area contributed by atoms with E-state index in [0.717, 1.165) is 0 Å². The maximum Gasteiger partial charge on any atom is 0.250 e. The summed E-state index contributed by atoms with van der Waals surface area (Å²) in [7, 11) is 0. The molecule has 0 unspecified atom stereocenters. The van der Waals surface area contributed by atoms with Gasteiger partial charge in [0.25, 0.3) is 5.91 Å². The summed E-state index contributed by atoms with van der Waals surface area (Å²) in [5.74, 6) is -1.05. The lowest BCUT2D eigenvalue weighted by molar-refractivity contribution is -0.116. The number of nitrogens with two attached hydrogens (primary N) is 1. The highest BCUT2D eigenvalue weighted by molar-refractivity contribution is 6.04. The van der Waals surface area contributed by atoms with Crippen molar-refractivity contribution in [3.8, 4) is 0 Å². The number of Topliss-reactive ketones (excluding diaryl/α,β-unsaturated/α-hetero) is 1. The highest BCUT2D eigenvalue weighted by Gasteiger charge is 2.12. The summed E-state index contributed by atoms with van der Waals surface area (Å²) in [6, 6.07) is 15.3. The molecule has 2 rings (SSSR count).